The molecule has 0 aromatic carbocycles. The van der Waals surface area contributed by atoms with Gasteiger partial charge in [-0.15, -0.1) is 0 Å². The summed E-state index contributed by atoms with van der Waals surface area (Å²) in [5, 5.41) is 8.31. The number of hydrogen-bond donors (Lipinski definition) is 2. The summed E-state index contributed by atoms with van der Waals surface area (Å²) in [5.41, 5.74) is 4.85. The first-order chi connectivity index (χ1) is 6.45. The SMILES string of the molecule is C=C(CCCC)C(=O)O.C=CC(N)=O. The van der Waals surface area contributed by atoms with Gasteiger partial charge in [-0.05, 0) is 18.9 Å². The Balaban J connectivity index is 0. The Bertz CT molecular complexity index is 221. The molecule has 0 aliphatic carbocycles. The van der Waals surface area contributed by atoms with Crippen LogP contribution in [0.4, 0.5) is 0 Å². The van der Waals surface area contributed by atoms with Crippen LogP contribution in [0.2, 0.25) is 0 Å². The Morgan fingerprint density at radius 2 is 1.93 bits per heavy atom. The molecule has 4 nitrogen and oxygen atoms in total. The van der Waals surface area contributed by atoms with E-state index in [0.29, 0.717) is 12.0 Å². The number of carboxylic acid groups (broad SMARTS) is 1. The van der Waals surface area contributed by atoms with Crippen LogP contribution in [0.1, 0.15) is 26.2 Å². The Hall–Kier alpha value is -1.58. The Kier molecular flexibility index (Phi) is 10.1. The quantitative estimate of drug-likeness (QED) is 0.658. The van der Waals surface area contributed by atoms with Crippen molar-refractivity contribution in [3.8, 4) is 0 Å². The van der Waals surface area contributed by atoms with Gasteiger partial charge >= 0.3 is 5.97 Å². The Morgan fingerprint density at radius 3 is 2.14 bits per heavy atom. The summed E-state index contributed by atoms with van der Waals surface area (Å²) < 4.78 is 0. The zero-order valence-corrected chi connectivity index (χ0v) is 8.45. The van der Waals surface area contributed by atoms with Crippen LogP contribution in [-0.4, -0.2) is 17.0 Å². The average molecular weight is 199 g/mol. The smallest absolute Gasteiger partial charge is 0.330 e. The molecule has 0 aliphatic heterocycles. The molecule has 1 amide bonds. The molecule has 0 bridgehead atoms. The molecule has 80 valence electrons. The minimum Gasteiger partial charge on any atom is -0.478 e. The third-order valence-electron chi connectivity index (χ3n) is 1.34. The van der Waals surface area contributed by atoms with Crippen LogP contribution in [0.15, 0.2) is 24.8 Å². The summed E-state index contributed by atoms with van der Waals surface area (Å²) in [6, 6.07) is 0. The molecule has 0 aromatic heterocycles. The second kappa shape index (κ2) is 9.51. The van der Waals surface area contributed by atoms with Crippen molar-refractivity contribution in [2.45, 2.75) is 26.2 Å². The highest BCUT2D eigenvalue weighted by Gasteiger charge is 2.00. The maximum absolute atomic E-state index is 10.1. The normalized spacial score (nSPS) is 8.07. The van der Waals surface area contributed by atoms with E-state index in [0.717, 1.165) is 18.9 Å². The van der Waals surface area contributed by atoms with E-state index in [1.54, 1.807) is 0 Å². The minimum absolute atomic E-state index is 0.317. The molecule has 0 saturated heterocycles. The molecule has 0 spiro atoms. The topological polar surface area (TPSA) is 80.4 Å². The molecule has 0 radical (unpaired) electrons. The highest BCUT2D eigenvalue weighted by atomic mass is 16.4. The lowest BCUT2D eigenvalue weighted by Gasteiger charge is -1.95. The molecule has 0 aromatic rings. The van der Waals surface area contributed by atoms with Crippen molar-refractivity contribution in [2.75, 3.05) is 0 Å². The van der Waals surface area contributed by atoms with Crippen molar-refractivity contribution in [3.63, 3.8) is 0 Å². The van der Waals surface area contributed by atoms with Gasteiger partial charge in [0.05, 0.1) is 0 Å². The van der Waals surface area contributed by atoms with Crippen LogP contribution in [0.3, 0.4) is 0 Å². The van der Waals surface area contributed by atoms with Crippen LogP contribution in [-0.2, 0) is 9.59 Å². The molecule has 0 aliphatic rings. The zero-order chi connectivity index (χ0) is 11.6. The molecule has 4 heteroatoms. The van der Waals surface area contributed by atoms with Crippen molar-refractivity contribution in [3.05, 3.63) is 24.8 Å². The predicted octanol–water partition coefficient (Wildman–Crippen LogP) is 1.48. The standard InChI is InChI=1S/C7H12O2.C3H5NO/c1-3-4-5-6(2)7(8)9;1-2-3(4)5/h2-5H2,1H3,(H,8,9);2H,1H2,(H2,4,5). The van der Waals surface area contributed by atoms with E-state index in [1.807, 2.05) is 6.92 Å². The number of aliphatic carboxylic acids is 1. The fraction of sp³-hybridized carbons (Fsp3) is 0.400. The fourth-order valence-electron chi connectivity index (χ4n) is 0.497. The van der Waals surface area contributed by atoms with E-state index in [-0.39, 0.29) is 0 Å². The number of amides is 1. The molecule has 0 saturated carbocycles. The molecule has 0 atom stereocenters. The van der Waals surface area contributed by atoms with Gasteiger partial charge in [-0.2, -0.15) is 0 Å². The molecule has 0 rings (SSSR count). The van der Waals surface area contributed by atoms with Crippen molar-refractivity contribution in [1.82, 2.24) is 0 Å². The monoisotopic (exact) mass is 199 g/mol. The number of carboxylic acids is 1. The van der Waals surface area contributed by atoms with Gasteiger partial charge in [0.1, 0.15) is 0 Å². The van der Waals surface area contributed by atoms with Gasteiger partial charge in [0, 0.05) is 5.57 Å². The summed E-state index contributed by atoms with van der Waals surface area (Å²) in [7, 11) is 0. The van der Waals surface area contributed by atoms with E-state index in [4.69, 9.17) is 5.11 Å². The van der Waals surface area contributed by atoms with Crippen molar-refractivity contribution in [1.29, 1.82) is 0 Å². The number of carbonyl (C=O) groups excluding carboxylic acids is 1. The second-order valence-electron chi connectivity index (χ2n) is 2.62. The fourth-order valence-corrected chi connectivity index (χ4v) is 0.497. The van der Waals surface area contributed by atoms with Gasteiger partial charge in [-0.3, -0.25) is 4.79 Å². The van der Waals surface area contributed by atoms with Crippen molar-refractivity contribution >= 4 is 11.9 Å². The van der Waals surface area contributed by atoms with E-state index in [2.05, 4.69) is 18.9 Å². The lowest BCUT2D eigenvalue weighted by molar-refractivity contribution is -0.132. The van der Waals surface area contributed by atoms with Gasteiger partial charge in [-0.25, -0.2) is 4.79 Å². The Morgan fingerprint density at radius 1 is 1.50 bits per heavy atom. The number of carbonyl (C=O) groups is 2. The first kappa shape index (κ1) is 14.9. The van der Waals surface area contributed by atoms with E-state index >= 15 is 0 Å². The van der Waals surface area contributed by atoms with Crippen molar-refractivity contribution in [2.24, 2.45) is 5.73 Å². The summed E-state index contributed by atoms with van der Waals surface area (Å²) >= 11 is 0. The van der Waals surface area contributed by atoms with Gasteiger partial charge in [0.25, 0.3) is 0 Å². The maximum atomic E-state index is 10.1. The molecule has 14 heavy (non-hydrogen) atoms. The van der Waals surface area contributed by atoms with E-state index in [9.17, 15) is 9.59 Å². The summed E-state index contributed by atoms with van der Waals surface area (Å²) in [5.74, 6) is -1.35. The van der Waals surface area contributed by atoms with Crippen LogP contribution >= 0.6 is 0 Å². The zero-order valence-electron chi connectivity index (χ0n) is 8.45. The molecule has 0 fully saturated rings. The predicted molar refractivity (Wildman–Crippen MR) is 55.7 cm³/mol. The second-order valence-corrected chi connectivity index (χ2v) is 2.62. The minimum atomic E-state index is -0.872. The average Bonchev–Trinajstić information content (AvgIpc) is 2.14. The molecular weight excluding hydrogens is 182 g/mol. The van der Waals surface area contributed by atoms with Crippen LogP contribution in [0.25, 0.3) is 0 Å². The highest BCUT2D eigenvalue weighted by Crippen LogP contribution is 2.03. The largest absolute Gasteiger partial charge is 0.478 e. The van der Waals surface area contributed by atoms with Crippen molar-refractivity contribution < 1.29 is 14.7 Å². The molecule has 3 N–H and O–H groups in total. The number of rotatable bonds is 5. The lowest BCUT2D eigenvalue weighted by atomic mass is 10.1. The van der Waals surface area contributed by atoms with Gasteiger partial charge < -0.3 is 10.8 Å². The summed E-state index contributed by atoms with van der Waals surface area (Å²) in [6.45, 7) is 8.50. The first-order valence-corrected chi connectivity index (χ1v) is 4.28. The lowest BCUT2D eigenvalue weighted by Crippen LogP contribution is -2.04. The van der Waals surface area contributed by atoms with Crippen LogP contribution in [0, 0.1) is 0 Å². The number of hydrogen-bond acceptors (Lipinski definition) is 2. The van der Waals surface area contributed by atoms with Gasteiger partial charge in [0.15, 0.2) is 0 Å². The summed E-state index contributed by atoms with van der Waals surface area (Å²) in [6.07, 6.45) is 3.61. The number of unbranched alkanes of at least 4 members (excludes halogenated alkanes) is 1. The summed E-state index contributed by atoms with van der Waals surface area (Å²) in [4.78, 5) is 19.6. The van der Waals surface area contributed by atoms with Crippen LogP contribution in [0.5, 0.6) is 0 Å². The van der Waals surface area contributed by atoms with E-state index < -0.39 is 11.9 Å². The Labute approximate surface area is 84.1 Å². The third kappa shape index (κ3) is 13.0. The first-order valence-electron chi connectivity index (χ1n) is 4.28. The maximum Gasteiger partial charge on any atom is 0.330 e. The number of primary amides is 1. The van der Waals surface area contributed by atoms with Gasteiger partial charge in [0.2, 0.25) is 5.91 Å². The van der Waals surface area contributed by atoms with E-state index in [1.165, 1.54) is 0 Å². The number of nitrogens with two attached hydrogens (primary N) is 1. The molecule has 0 unspecified atom stereocenters. The molecular formula is C10H17NO3. The highest BCUT2D eigenvalue weighted by molar-refractivity contribution is 5.85. The molecule has 0 heterocycles. The van der Waals surface area contributed by atoms with Gasteiger partial charge in [-0.1, -0.05) is 26.5 Å². The van der Waals surface area contributed by atoms with Crippen LogP contribution < -0.4 is 5.73 Å². The third-order valence-corrected chi connectivity index (χ3v) is 1.34.